The second-order valence-electron chi connectivity index (χ2n) is 4.07. The molecular weight excluding hydrogens is 236 g/mol. The first kappa shape index (κ1) is 13.7. The van der Waals surface area contributed by atoms with Crippen LogP contribution >= 0.6 is 11.3 Å². The number of carboxylic acids is 1. The molecule has 0 aromatic carbocycles. The predicted octanol–water partition coefficient (Wildman–Crippen LogP) is 1.79. The van der Waals surface area contributed by atoms with Crippen molar-refractivity contribution < 1.29 is 9.90 Å². The van der Waals surface area contributed by atoms with Gasteiger partial charge in [-0.15, -0.1) is 17.8 Å². The quantitative estimate of drug-likeness (QED) is 0.784. The van der Waals surface area contributed by atoms with Gasteiger partial charge in [0.25, 0.3) is 0 Å². The Labute approximate surface area is 105 Å². The van der Waals surface area contributed by atoms with E-state index in [0.717, 1.165) is 10.7 Å². The Hall–Kier alpha value is -1.38. The van der Waals surface area contributed by atoms with Gasteiger partial charge in [-0.25, -0.2) is 4.98 Å². The Morgan fingerprint density at radius 1 is 1.71 bits per heavy atom. The van der Waals surface area contributed by atoms with Crippen LogP contribution in [0.1, 0.15) is 30.5 Å². The maximum atomic E-state index is 10.7. The van der Waals surface area contributed by atoms with Crippen LogP contribution in [0.25, 0.3) is 0 Å². The van der Waals surface area contributed by atoms with Crippen LogP contribution in [0.5, 0.6) is 0 Å². The van der Waals surface area contributed by atoms with Gasteiger partial charge in [0.05, 0.1) is 23.8 Å². The van der Waals surface area contributed by atoms with E-state index in [1.807, 2.05) is 5.38 Å². The van der Waals surface area contributed by atoms with E-state index in [2.05, 4.69) is 24.8 Å². The molecule has 92 valence electrons. The first-order valence-corrected chi connectivity index (χ1v) is 6.22. The minimum absolute atomic E-state index is 0.0568. The number of nitrogens with zero attached hydrogens (tertiary/aromatic N) is 2. The average Bonchev–Trinajstić information content (AvgIpc) is 2.65. The van der Waals surface area contributed by atoms with Crippen LogP contribution < -0.4 is 0 Å². The minimum Gasteiger partial charge on any atom is -0.480 e. The molecule has 17 heavy (non-hydrogen) atoms. The number of aliphatic carboxylic acids is 1. The summed E-state index contributed by atoms with van der Waals surface area (Å²) in [5.74, 6) is 1.98. The van der Waals surface area contributed by atoms with Crippen LogP contribution in [0.4, 0.5) is 0 Å². The fraction of sp³-hybridized carbons (Fsp3) is 0.500. The average molecular weight is 252 g/mol. The summed E-state index contributed by atoms with van der Waals surface area (Å²) in [5, 5.41) is 11.8. The van der Waals surface area contributed by atoms with Crippen molar-refractivity contribution in [3.05, 3.63) is 16.1 Å². The molecule has 0 atom stereocenters. The third-order valence-corrected chi connectivity index (χ3v) is 3.32. The van der Waals surface area contributed by atoms with Crippen molar-refractivity contribution in [1.82, 2.24) is 9.88 Å². The minimum atomic E-state index is -0.875. The Bertz CT molecular complexity index is 420. The lowest BCUT2D eigenvalue weighted by Gasteiger charge is -2.15. The fourth-order valence-electron chi connectivity index (χ4n) is 1.38. The number of carboxylic acid groups (broad SMARTS) is 1. The summed E-state index contributed by atoms with van der Waals surface area (Å²) in [5.41, 5.74) is 0.884. The molecule has 1 heterocycles. The third-order valence-electron chi connectivity index (χ3n) is 2.12. The van der Waals surface area contributed by atoms with Crippen LogP contribution in [0.3, 0.4) is 0 Å². The van der Waals surface area contributed by atoms with E-state index in [1.54, 1.807) is 16.2 Å². The van der Waals surface area contributed by atoms with Crippen LogP contribution in [0, 0.1) is 12.3 Å². The van der Waals surface area contributed by atoms with Gasteiger partial charge in [0, 0.05) is 17.8 Å². The van der Waals surface area contributed by atoms with Gasteiger partial charge in [-0.3, -0.25) is 9.69 Å². The summed E-state index contributed by atoms with van der Waals surface area (Å²) in [6.45, 7) is 4.91. The third kappa shape index (κ3) is 4.55. The molecule has 1 N–H and O–H groups in total. The summed E-state index contributed by atoms with van der Waals surface area (Å²) >= 11 is 1.60. The highest BCUT2D eigenvalue weighted by Gasteiger charge is 2.12. The van der Waals surface area contributed by atoms with Gasteiger partial charge in [0.15, 0.2) is 0 Å². The molecule has 1 aromatic heterocycles. The van der Waals surface area contributed by atoms with Gasteiger partial charge in [-0.2, -0.15) is 0 Å². The molecule has 0 aliphatic heterocycles. The molecular formula is C12H16N2O2S. The van der Waals surface area contributed by atoms with Gasteiger partial charge >= 0.3 is 5.97 Å². The van der Waals surface area contributed by atoms with Gasteiger partial charge in [-0.05, 0) is 0 Å². The van der Waals surface area contributed by atoms with Crippen molar-refractivity contribution in [2.75, 3.05) is 13.1 Å². The molecule has 0 spiro atoms. The van der Waals surface area contributed by atoms with Crippen LogP contribution in [-0.2, 0) is 11.3 Å². The lowest BCUT2D eigenvalue weighted by Crippen LogP contribution is -2.29. The Morgan fingerprint density at radius 2 is 2.41 bits per heavy atom. The molecule has 0 fully saturated rings. The van der Waals surface area contributed by atoms with Crippen molar-refractivity contribution >= 4 is 17.3 Å². The molecule has 0 saturated carbocycles. The first-order chi connectivity index (χ1) is 8.02. The Balaban J connectivity index is 2.65. The van der Waals surface area contributed by atoms with Crippen molar-refractivity contribution in [1.29, 1.82) is 0 Å². The number of terminal acetylenes is 1. The van der Waals surface area contributed by atoms with Crippen molar-refractivity contribution in [3.8, 4) is 12.3 Å². The summed E-state index contributed by atoms with van der Waals surface area (Å²) in [4.78, 5) is 16.8. The molecule has 1 rings (SSSR count). The van der Waals surface area contributed by atoms with Crippen molar-refractivity contribution in [3.63, 3.8) is 0 Å². The van der Waals surface area contributed by atoms with E-state index in [9.17, 15) is 4.79 Å². The molecule has 0 aliphatic carbocycles. The Morgan fingerprint density at radius 3 is 2.88 bits per heavy atom. The van der Waals surface area contributed by atoms with E-state index in [4.69, 9.17) is 11.5 Å². The predicted molar refractivity (Wildman–Crippen MR) is 67.9 cm³/mol. The number of hydrogen-bond acceptors (Lipinski definition) is 4. The number of thiazole rings is 1. The van der Waals surface area contributed by atoms with E-state index in [1.165, 1.54) is 0 Å². The highest BCUT2D eigenvalue weighted by Crippen LogP contribution is 2.19. The highest BCUT2D eigenvalue weighted by molar-refractivity contribution is 7.09. The zero-order chi connectivity index (χ0) is 12.8. The SMILES string of the molecule is C#CCN(CC(=O)O)Cc1csc(C(C)C)n1. The van der Waals surface area contributed by atoms with Gasteiger partial charge in [-0.1, -0.05) is 19.8 Å². The molecule has 1 aromatic rings. The molecule has 0 radical (unpaired) electrons. The number of hydrogen-bond donors (Lipinski definition) is 1. The fourth-order valence-corrected chi connectivity index (χ4v) is 2.20. The van der Waals surface area contributed by atoms with Crippen molar-refractivity contribution in [2.24, 2.45) is 0 Å². The van der Waals surface area contributed by atoms with Crippen LogP contribution in [0.2, 0.25) is 0 Å². The van der Waals surface area contributed by atoms with Crippen molar-refractivity contribution in [2.45, 2.75) is 26.3 Å². The Kier molecular flexibility index (Phi) is 5.13. The second-order valence-corrected chi connectivity index (χ2v) is 4.96. The standard InChI is InChI=1S/C12H16N2O2S/c1-4-5-14(7-11(15)16)6-10-8-17-12(13-10)9(2)3/h1,8-9H,5-7H2,2-3H3,(H,15,16). The topological polar surface area (TPSA) is 53.4 Å². The summed E-state index contributed by atoms with van der Waals surface area (Å²) in [6.07, 6.45) is 5.21. The highest BCUT2D eigenvalue weighted by atomic mass is 32.1. The van der Waals surface area contributed by atoms with Crippen LogP contribution in [-0.4, -0.2) is 34.0 Å². The lowest BCUT2D eigenvalue weighted by atomic mass is 10.2. The number of carbonyl (C=O) groups is 1. The van der Waals surface area contributed by atoms with E-state index < -0.39 is 5.97 Å². The molecule has 0 bridgehead atoms. The van der Waals surface area contributed by atoms with Crippen LogP contribution in [0.15, 0.2) is 5.38 Å². The number of aromatic nitrogens is 1. The van der Waals surface area contributed by atoms with E-state index in [-0.39, 0.29) is 6.54 Å². The molecule has 0 unspecified atom stereocenters. The zero-order valence-electron chi connectivity index (χ0n) is 10.0. The monoisotopic (exact) mass is 252 g/mol. The van der Waals surface area contributed by atoms with E-state index >= 15 is 0 Å². The summed E-state index contributed by atoms with van der Waals surface area (Å²) < 4.78 is 0. The maximum absolute atomic E-state index is 10.7. The first-order valence-electron chi connectivity index (χ1n) is 5.34. The van der Waals surface area contributed by atoms with Gasteiger partial charge < -0.3 is 5.11 Å². The second kappa shape index (κ2) is 6.38. The van der Waals surface area contributed by atoms with Gasteiger partial charge in [0.1, 0.15) is 0 Å². The molecule has 5 heteroatoms. The summed E-state index contributed by atoms with van der Waals surface area (Å²) in [7, 11) is 0. The number of rotatable bonds is 6. The van der Waals surface area contributed by atoms with Gasteiger partial charge in [0.2, 0.25) is 0 Å². The molecule has 0 saturated heterocycles. The largest absolute Gasteiger partial charge is 0.480 e. The lowest BCUT2D eigenvalue weighted by molar-refractivity contribution is -0.138. The molecule has 0 aliphatic rings. The summed E-state index contributed by atoms with van der Waals surface area (Å²) in [6, 6.07) is 0. The normalized spacial score (nSPS) is 10.8. The van der Waals surface area contributed by atoms with E-state index in [0.29, 0.717) is 19.0 Å². The molecule has 0 amide bonds. The maximum Gasteiger partial charge on any atom is 0.317 e. The molecule has 4 nitrogen and oxygen atoms in total. The smallest absolute Gasteiger partial charge is 0.317 e. The zero-order valence-corrected chi connectivity index (χ0v) is 10.8.